The van der Waals surface area contributed by atoms with Gasteiger partial charge in [0.2, 0.25) is 5.91 Å². The van der Waals surface area contributed by atoms with Crippen molar-refractivity contribution in [1.82, 2.24) is 30.9 Å². The number of hydrogen-bond acceptors (Lipinski definition) is 9. The highest BCUT2D eigenvalue weighted by atomic mass is 35.5. The Morgan fingerprint density at radius 1 is 1.00 bits per heavy atom. The van der Waals surface area contributed by atoms with Gasteiger partial charge in [0.15, 0.2) is 12.0 Å². The van der Waals surface area contributed by atoms with E-state index in [0.717, 1.165) is 16.8 Å². The number of fused-ring (bicyclic) bond motifs is 3. The standard InChI is InChI=1S/C29H26ClN7O6/c1-15-34-35-27-26(32-24(39)14-31-28(40)17-6-11-23(38)21(12-17)29(41)36-43-3)33-25(16-4-7-18(30)8-5-16)20-13-19(42-2)9-10-22(20)37(15)27/h4-13,26,38H,14H2,1-3H3,(H,31,40)(H,32,39)(H,36,41)/t26-/m1/s1. The van der Waals surface area contributed by atoms with Gasteiger partial charge in [0.05, 0.1) is 37.7 Å². The number of benzene rings is 3. The van der Waals surface area contributed by atoms with E-state index in [2.05, 4.69) is 31.1 Å². The molecule has 0 fully saturated rings. The third-order valence-electron chi connectivity index (χ3n) is 6.58. The van der Waals surface area contributed by atoms with Crippen LogP contribution in [0.3, 0.4) is 0 Å². The number of phenols is 1. The summed E-state index contributed by atoms with van der Waals surface area (Å²) >= 11 is 6.14. The Morgan fingerprint density at radius 2 is 1.77 bits per heavy atom. The molecule has 1 aliphatic rings. The first kappa shape index (κ1) is 29.2. The quantitative estimate of drug-likeness (QED) is 0.223. The maximum atomic E-state index is 13.1. The average Bonchev–Trinajstić information content (AvgIpc) is 3.33. The molecular formula is C29H26ClN7O6. The first-order valence-corrected chi connectivity index (χ1v) is 13.3. The third-order valence-corrected chi connectivity index (χ3v) is 6.83. The number of carbonyl (C=O) groups is 3. The Kier molecular flexibility index (Phi) is 8.36. The maximum absolute atomic E-state index is 13.1. The molecule has 3 amide bonds. The number of aliphatic imine (C=N–C) groups is 1. The molecule has 5 rings (SSSR count). The number of aromatic nitrogens is 3. The van der Waals surface area contributed by atoms with Gasteiger partial charge in [-0.3, -0.25) is 28.8 Å². The number of carbonyl (C=O) groups excluding carboxylic acids is 3. The van der Waals surface area contributed by atoms with Crippen LogP contribution in [-0.4, -0.2) is 64.1 Å². The summed E-state index contributed by atoms with van der Waals surface area (Å²) < 4.78 is 7.28. The minimum atomic E-state index is -0.979. The summed E-state index contributed by atoms with van der Waals surface area (Å²) in [6.07, 6.45) is -0.979. The molecule has 14 heteroatoms. The molecule has 1 atom stereocenters. The molecular weight excluding hydrogens is 578 g/mol. The molecule has 0 aliphatic carbocycles. The van der Waals surface area contributed by atoms with Gasteiger partial charge in [-0.15, -0.1) is 10.2 Å². The molecule has 43 heavy (non-hydrogen) atoms. The van der Waals surface area contributed by atoms with Gasteiger partial charge in [-0.1, -0.05) is 23.7 Å². The highest BCUT2D eigenvalue weighted by Gasteiger charge is 2.29. The van der Waals surface area contributed by atoms with Crippen molar-refractivity contribution in [2.45, 2.75) is 13.1 Å². The van der Waals surface area contributed by atoms with Crippen LogP contribution in [0.15, 0.2) is 65.7 Å². The van der Waals surface area contributed by atoms with E-state index < -0.39 is 30.4 Å². The van der Waals surface area contributed by atoms with Crippen molar-refractivity contribution in [1.29, 1.82) is 0 Å². The lowest BCUT2D eigenvalue weighted by molar-refractivity contribution is -0.120. The van der Waals surface area contributed by atoms with Crippen LogP contribution >= 0.6 is 11.6 Å². The number of ether oxygens (including phenoxy) is 1. The van der Waals surface area contributed by atoms with Crippen molar-refractivity contribution < 1.29 is 29.1 Å². The zero-order valence-electron chi connectivity index (χ0n) is 23.2. The molecule has 4 N–H and O–H groups in total. The normalized spacial score (nSPS) is 13.6. The van der Waals surface area contributed by atoms with Crippen LogP contribution in [0.25, 0.3) is 5.69 Å². The number of hydrogen-bond donors (Lipinski definition) is 4. The summed E-state index contributed by atoms with van der Waals surface area (Å²) in [6, 6.07) is 16.3. The van der Waals surface area contributed by atoms with Gasteiger partial charge in [-0.2, -0.15) is 0 Å². The minimum absolute atomic E-state index is 0.0455. The first-order valence-electron chi connectivity index (χ1n) is 12.9. The molecule has 1 aromatic heterocycles. The van der Waals surface area contributed by atoms with Gasteiger partial charge in [-0.05, 0) is 55.5 Å². The van der Waals surface area contributed by atoms with Crippen LogP contribution in [0.1, 0.15) is 49.7 Å². The van der Waals surface area contributed by atoms with Crippen LogP contribution in [0.2, 0.25) is 5.02 Å². The van der Waals surface area contributed by atoms with Crippen LogP contribution in [0, 0.1) is 6.92 Å². The Balaban J connectivity index is 1.43. The van der Waals surface area contributed by atoms with Gasteiger partial charge >= 0.3 is 0 Å². The molecule has 2 heterocycles. The van der Waals surface area contributed by atoms with E-state index in [0.29, 0.717) is 28.1 Å². The summed E-state index contributed by atoms with van der Waals surface area (Å²) in [5.74, 6) is -0.759. The number of aryl methyl sites for hydroxylation is 1. The topological polar surface area (TPSA) is 169 Å². The molecule has 4 aromatic rings. The summed E-state index contributed by atoms with van der Waals surface area (Å²) in [5.41, 5.74) is 4.69. The SMILES string of the molecule is CONC(=O)c1cc(C(=O)NCC(=O)N[C@@H]2N=C(c3ccc(Cl)cc3)c3cc(OC)ccc3-n3c(C)nnc32)ccc1O. The molecule has 1 aliphatic heterocycles. The molecule has 3 aromatic carbocycles. The van der Waals surface area contributed by atoms with Crippen molar-refractivity contribution in [2.75, 3.05) is 20.8 Å². The number of phenolic OH excluding ortho intramolecular Hbond substituents is 1. The minimum Gasteiger partial charge on any atom is -0.507 e. The van der Waals surface area contributed by atoms with Gasteiger partial charge in [0.25, 0.3) is 11.8 Å². The number of halogens is 1. The van der Waals surface area contributed by atoms with Crippen LogP contribution < -0.4 is 20.9 Å². The maximum Gasteiger partial charge on any atom is 0.278 e. The zero-order valence-corrected chi connectivity index (χ0v) is 24.0. The van der Waals surface area contributed by atoms with Crippen molar-refractivity contribution in [2.24, 2.45) is 4.99 Å². The molecule has 0 saturated heterocycles. The van der Waals surface area contributed by atoms with E-state index in [9.17, 15) is 19.5 Å². The third kappa shape index (κ3) is 6.03. The van der Waals surface area contributed by atoms with Crippen molar-refractivity contribution >= 4 is 35.0 Å². The highest BCUT2D eigenvalue weighted by molar-refractivity contribution is 6.30. The second-order valence-electron chi connectivity index (χ2n) is 9.33. The first-order chi connectivity index (χ1) is 20.7. The Bertz CT molecular complexity index is 1750. The van der Waals surface area contributed by atoms with Gasteiger partial charge in [0.1, 0.15) is 17.3 Å². The monoisotopic (exact) mass is 603 g/mol. The number of nitrogens with zero attached hydrogens (tertiary/aromatic N) is 4. The number of nitrogens with one attached hydrogen (secondary N) is 3. The van der Waals surface area contributed by atoms with E-state index >= 15 is 0 Å². The summed E-state index contributed by atoms with van der Waals surface area (Å²) in [6.45, 7) is 1.37. The van der Waals surface area contributed by atoms with E-state index in [4.69, 9.17) is 21.3 Å². The number of methoxy groups -OCH3 is 1. The predicted octanol–water partition coefficient (Wildman–Crippen LogP) is 2.63. The van der Waals surface area contributed by atoms with Crippen molar-refractivity contribution in [3.8, 4) is 17.2 Å². The smallest absolute Gasteiger partial charge is 0.278 e. The zero-order chi connectivity index (χ0) is 30.7. The molecule has 13 nitrogen and oxygen atoms in total. The highest BCUT2D eigenvalue weighted by Crippen LogP contribution is 2.32. The van der Waals surface area contributed by atoms with E-state index in [-0.39, 0.29) is 16.9 Å². The van der Waals surface area contributed by atoms with E-state index in [1.54, 1.807) is 30.7 Å². The Morgan fingerprint density at radius 3 is 2.49 bits per heavy atom. The molecule has 220 valence electrons. The fraction of sp³-hybridized carbons (Fsp3) is 0.172. The number of aromatic hydroxyl groups is 1. The molecule has 0 saturated carbocycles. The number of amides is 3. The molecule has 0 unspecified atom stereocenters. The van der Waals surface area contributed by atoms with Gasteiger partial charge in [0, 0.05) is 21.7 Å². The summed E-state index contributed by atoms with van der Waals surface area (Å²) in [7, 11) is 2.80. The lowest BCUT2D eigenvalue weighted by Crippen LogP contribution is -2.39. The van der Waals surface area contributed by atoms with Gasteiger partial charge < -0.3 is 20.5 Å². The number of hydroxylamine groups is 1. The van der Waals surface area contributed by atoms with E-state index in [1.165, 1.54) is 25.3 Å². The largest absolute Gasteiger partial charge is 0.507 e. The van der Waals surface area contributed by atoms with Crippen LogP contribution in [0.4, 0.5) is 0 Å². The molecule has 0 radical (unpaired) electrons. The van der Waals surface area contributed by atoms with Crippen LogP contribution in [-0.2, 0) is 9.63 Å². The summed E-state index contributed by atoms with van der Waals surface area (Å²) in [4.78, 5) is 47.5. The molecule has 0 spiro atoms. The second kappa shape index (κ2) is 12.3. The second-order valence-corrected chi connectivity index (χ2v) is 9.76. The Labute approximate surface area is 250 Å². The lowest BCUT2D eigenvalue weighted by Gasteiger charge is -2.15. The van der Waals surface area contributed by atoms with Gasteiger partial charge in [-0.25, -0.2) is 5.48 Å². The van der Waals surface area contributed by atoms with Crippen molar-refractivity contribution in [3.05, 3.63) is 99.6 Å². The lowest BCUT2D eigenvalue weighted by atomic mass is 10.00. The van der Waals surface area contributed by atoms with E-state index in [1.807, 2.05) is 30.3 Å². The van der Waals surface area contributed by atoms with Crippen molar-refractivity contribution in [3.63, 3.8) is 0 Å². The summed E-state index contributed by atoms with van der Waals surface area (Å²) in [5, 5.41) is 24.4. The van der Waals surface area contributed by atoms with Crippen LogP contribution in [0.5, 0.6) is 11.5 Å². The average molecular weight is 604 g/mol. The predicted molar refractivity (Wildman–Crippen MR) is 156 cm³/mol. The fourth-order valence-electron chi connectivity index (χ4n) is 4.54. The molecule has 0 bridgehead atoms. The fourth-order valence-corrected chi connectivity index (χ4v) is 4.67. The number of rotatable bonds is 8. The Hall–Kier alpha value is -5.27.